The van der Waals surface area contributed by atoms with Crippen LogP contribution in [0.4, 0.5) is 0 Å². The van der Waals surface area contributed by atoms with Crippen LogP contribution in [0.25, 0.3) is 0 Å². The number of carbonyl (C=O) groups is 1. The van der Waals surface area contributed by atoms with Crippen molar-refractivity contribution in [2.24, 2.45) is 11.7 Å². The number of carbonyl (C=O) groups excluding carboxylic acids is 1. The predicted molar refractivity (Wildman–Crippen MR) is 52.3 cm³/mol. The van der Waals surface area contributed by atoms with E-state index in [1.807, 2.05) is 6.92 Å². The van der Waals surface area contributed by atoms with E-state index in [9.17, 15) is 4.79 Å². The number of nitrogens with two attached hydrogens (primary N) is 1. The summed E-state index contributed by atoms with van der Waals surface area (Å²) in [5.74, 6) is 0.0730. The summed E-state index contributed by atoms with van der Waals surface area (Å²) in [5.41, 5.74) is 5.13. The van der Waals surface area contributed by atoms with Gasteiger partial charge in [0.1, 0.15) is 6.04 Å². The maximum absolute atomic E-state index is 10.8. The Morgan fingerprint density at radius 2 is 2.00 bits per heavy atom. The second-order valence-electron chi connectivity index (χ2n) is 3.53. The number of hydrogen-bond acceptors (Lipinski definition) is 3. The maximum Gasteiger partial charge on any atom is 0.236 e. The van der Waals surface area contributed by atoms with E-state index in [1.165, 1.54) is 0 Å². The van der Waals surface area contributed by atoms with Gasteiger partial charge in [0, 0.05) is 0 Å². The Morgan fingerprint density at radius 1 is 1.46 bits per heavy atom. The van der Waals surface area contributed by atoms with Gasteiger partial charge in [-0.1, -0.05) is 13.8 Å². The number of hydrogen-bond donors (Lipinski definition) is 2. The van der Waals surface area contributed by atoms with Crippen LogP contribution < -0.4 is 11.1 Å². The third-order valence-corrected chi connectivity index (χ3v) is 2.16. The summed E-state index contributed by atoms with van der Waals surface area (Å²) in [6, 6.07) is -0.388. The number of likely N-dealkylation sites (N-methyl/N-ethyl adjacent to an activating group) is 1. The highest BCUT2D eigenvalue weighted by atomic mass is 16.5. The average molecular weight is 188 g/mol. The molecular weight excluding hydrogens is 168 g/mol. The molecule has 0 aromatic rings. The zero-order valence-corrected chi connectivity index (χ0v) is 8.83. The van der Waals surface area contributed by atoms with E-state index in [4.69, 9.17) is 10.5 Å². The molecule has 0 heterocycles. The monoisotopic (exact) mass is 188 g/mol. The van der Waals surface area contributed by atoms with Crippen molar-refractivity contribution in [2.75, 3.05) is 13.7 Å². The third kappa shape index (κ3) is 4.85. The molecule has 2 atom stereocenters. The van der Waals surface area contributed by atoms with Crippen molar-refractivity contribution in [3.8, 4) is 0 Å². The molecule has 1 amide bonds. The lowest BCUT2D eigenvalue weighted by atomic mass is 10.1. The fraction of sp³-hybridized carbons (Fsp3) is 0.889. The van der Waals surface area contributed by atoms with Crippen LogP contribution in [0, 0.1) is 5.92 Å². The van der Waals surface area contributed by atoms with Gasteiger partial charge in [0.25, 0.3) is 0 Å². The second kappa shape index (κ2) is 5.94. The summed E-state index contributed by atoms with van der Waals surface area (Å²) in [5, 5.41) is 2.80. The quantitative estimate of drug-likeness (QED) is 0.622. The summed E-state index contributed by atoms with van der Waals surface area (Å²) < 4.78 is 5.45. The average Bonchev–Trinajstić information content (AvgIpc) is 2.04. The number of amides is 1. The Hall–Kier alpha value is -0.610. The molecule has 0 saturated heterocycles. The molecule has 0 aromatic heterocycles. The molecule has 3 N–H and O–H groups in total. The van der Waals surface area contributed by atoms with Crippen LogP contribution in [0.2, 0.25) is 0 Å². The molecule has 78 valence electrons. The highest BCUT2D eigenvalue weighted by molar-refractivity contribution is 5.79. The van der Waals surface area contributed by atoms with Crippen molar-refractivity contribution in [1.29, 1.82) is 0 Å². The van der Waals surface area contributed by atoms with Gasteiger partial charge in [-0.05, 0) is 19.9 Å². The largest absolute Gasteiger partial charge is 0.376 e. The van der Waals surface area contributed by atoms with Crippen LogP contribution in [0.1, 0.15) is 20.8 Å². The Kier molecular flexibility index (Phi) is 5.66. The molecule has 4 heteroatoms. The van der Waals surface area contributed by atoms with Gasteiger partial charge in [-0.2, -0.15) is 0 Å². The van der Waals surface area contributed by atoms with Gasteiger partial charge < -0.3 is 15.8 Å². The van der Waals surface area contributed by atoms with E-state index in [0.717, 1.165) is 0 Å². The Bertz CT molecular complexity index is 160. The van der Waals surface area contributed by atoms with Crippen molar-refractivity contribution >= 4 is 5.91 Å². The van der Waals surface area contributed by atoms with Crippen molar-refractivity contribution in [1.82, 2.24) is 5.32 Å². The van der Waals surface area contributed by atoms with Gasteiger partial charge in [-0.25, -0.2) is 0 Å². The fourth-order valence-electron chi connectivity index (χ4n) is 0.748. The summed E-state index contributed by atoms with van der Waals surface area (Å²) in [6.07, 6.45) is 0.148. The topological polar surface area (TPSA) is 64.3 Å². The van der Waals surface area contributed by atoms with Crippen molar-refractivity contribution in [3.05, 3.63) is 0 Å². The van der Waals surface area contributed by atoms with Crippen LogP contribution in [0.15, 0.2) is 0 Å². The first-order chi connectivity index (χ1) is 5.99. The minimum atomic E-state index is -0.388. The number of ether oxygens (including phenoxy) is 1. The first kappa shape index (κ1) is 12.4. The summed E-state index contributed by atoms with van der Waals surface area (Å²) in [6.45, 7) is 6.47. The minimum absolute atomic E-state index is 0.148. The molecular formula is C9H20N2O2. The maximum atomic E-state index is 10.8. The molecule has 0 fully saturated rings. The van der Waals surface area contributed by atoms with Crippen molar-refractivity contribution < 1.29 is 9.53 Å². The SMILES string of the molecule is CNC(COC(C)C(C)C)C(N)=O. The van der Waals surface area contributed by atoms with E-state index in [1.54, 1.807) is 7.05 Å². The Labute approximate surface area is 79.8 Å². The molecule has 0 saturated carbocycles. The van der Waals surface area contributed by atoms with E-state index < -0.39 is 0 Å². The van der Waals surface area contributed by atoms with Gasteiger partial charge in [-0.3, -0.25) is 4.79 Å². The highest BCUT2D eigenvalue weighted by Gasteiger charge is 2.15. The van der Waals surface area contributed by atoms with Gasteiger partial charge >= 0.3 is 0 Å². The lowest BCUT2D eigenvalue weighted by Crippen LogP contribution is -2.43. The van der Waals surface area contributed by atoms with Crippen LogP contribution in [0.5, 0.6) is 0 Å². The van der Waals surface area contributed by atoms with Gasteiger partial charge in [0.05, 0.1) is 12.7 Å². The van der Waals surface area contributed by atoms with Crippen molar-refractivity contribution in [3.63, 3.8) is 0 Å². The molecule has 0 aliphatic rings. The second-order valence-corrected chi connectivity index (χ2v) is 3.53. The molecule has 13 heavy (non-hydrogen) atoms. The van der Waals surface area contributed by atoms with Crippen molar-refractivity contribution in [2.45, 2.75) is 32.9 Å². The van der Waals surface area contributed by atoms with Gasteiger partial charge in [0.15, 0.2) is 0 Å². The minimum Gasteiger partial charge on any atom is -0.376 e. The number of rotatable bonds is 6. The lowest BCUT2D eigenvalue weighted by molar-refractivity contribution is -0.122. The van der Waals surface area contributed by atoms with Crippen LogP contribution >= 0.6 is 0 Å². The first-order valence-corrected chi connectivity index (χ1v) is 4.57. The molecule has 0 aliphatic heterocycles. The molecule has 0 spiro atoms. The normalized spacial score (nSPS) is 15.8. The van der Waals surface area contributed by atoms with E-state index in [0.29, 0.717) is 12.5 Å². The van der Waals surface area contributed by atoms with Crippen LogP contribution in [-0.2, 0) is 9.53 Å². The zero-order valence-electron chi connectivity index (χ0n) is 8.83. The van der Waals surface area contributed by atoms with Crippen LogP contribution in [0.3, 0.4) is 0 Å². The summed E-state index contributed by atoms with van der Waals surface area (Å²) in [4.78, 5) is 10.8. The number of primary amides is 1. The zero-order chi connectivity index (χ0) is 10.4. The van der Waals surface area contributed by atoms with Gasteiger partial charge in [-0.15, -0.1) is 0 Å². The standard InChI is InChI=1S/C9H20N2O2/c1-6(2)7(3)13-5-8(11-4)9(10)12/h6-8,11H,5H2,1-4H3,(H2,10,12). The predicted octanol–water partition coefficient (Wildman–Crippen LogP) is 0.121. The molecule has 2 unspecified atom stereocenters. The van der Waals surface area contributed by atoms with E-state index in [2.05, 4.69) is 19.2 Å². The number of nitrogens with one attached hydrogen (secondary N) is 1. The van der Waals surface area contributed by atoms with E-state index in [-0.39, 0.29) is 18.1 Å². The molecule has 4 nitrogen and oxygen atoms in total. The third-order valence-electron chi connectivity index (χ3n) is 2.16. The fourth-order valence-corrected chi connectivity index (χ4v) is 0.748. The first-order valence-electron chi connectivity index (χ1n) is 4.57. The van der Waals surface area contributed by atoms with E-state index >= 15 is 0 Å². The Balaban J connectivity index is 3.78. The molecule has 0 rings (SSSR count). The molecule has 0 aromatic carbocycles. The molecule has 0 radical (unpaired) electrons. The summed E-state index contributed by atoms with van der Waals surface area (Å²) in [7, 11) is 1.69. The highest BCUT2D eigenvalue weighted by Crippen LogP contribution is 2.05. The Morgan fingerprint density at radius 3 is 2.31 bits per heavy atom. The lowest BCUT2D eigenvalue weighted by Gasteiger charge is -2.19. The smallest absolute Gasteiger partial charge is 0.236 e. The molecule has 0 bridgehead atoms. The van der Waals surface area contributed by atoms with Gasteiger partial charge in [0.2, 0.25) is 5.91 Å². The molecule has 0 aliphatic carbocycles. The summed E-state index contributed by atoms with van der Waals surface area (Å²) >= 11 is 0. The van der Waals surface area contributed by atoms with Crippen LogP contribution in [-0.4, -0.2) is 31.7 Å².